The van der Waals surface area contributed by atoms with Crippen LogP contribution in [0, 0.1) is 6.92 Å². The number of carbonyl (C=O) groups excluding carboxylic acids is 2. The van der Waals surface area contributed by atoms with Crippen LogP contribution in [-0.4, -0.2) is 37.4 Å². The Kier molecular flexibility index (Phi) is 5.92. The van der Waals surface area contributed by atoms with Crippen molar-refractivity contribution in [3.8, 4) is 5.69 Å². The Hall–Kier alpha value is -3.75. The highest BCUT2D eigenvalue weighted by Gasteiger charge is 2.19. The minimum atomic E-state index is -0.635. The van der Waals surface area contributed by atoms with Crippen LogP contribution in [0.2, 0.25) is 0 Å². The van der Waals surface area contributed by atoms with Crippen molar-refractivity contribution in [3.63, 3.8) is 0 Å². The Morgan fingerprint density at radius 3 is 2.65 bits per heavy atom. The Morgan fingerprint density at radius 2 is 1.90 bits per heavy atom. The first-order valence-electron chi connectivity index (χ1n) is 10.3. The van der Waals surface area contributed by atoms with Crippen LogP contribution in [0.1, 0.15) is 41.9 Å². The number of anilines is 1. The second-order valence-electron chi connectivity index (χ2n) is 7.68. The number of aromatic nitrogens is 4. The third-order valence-electron chi connectivity index (χ3n) is 5.24. The quantitative estimate of drug-likeness (QED) is 0.634. The van der Waals surface area contributed by atoms with Crippen LogP contribution in [0.15, 0.2) is 53.6 Å². The Morgan fingerprint density at radius 1 is 1.16 bits per heavy atom. The summed E-state index contributed by atoms with van der Waals surface area (Å²) < 4.78 is 3.00. The van der Waals surface area contributed by atoms with Gasteiger partial charge in [-0.1, -0.05) is 31.0 Å². The third-order valence-corrected chi connectivity index (χ3v) is 5.24. The summed E-state index contributed by atoms with van der Waals surface area (Å²) in [7, 11) is 0. The standard InChI is InChI=1S/C22H24N6O3/c1-15-11-19(29)21(26-28(15)18-9-3-2-4-10-18)22(31)25-17-12-23-27(13-17)14-20(30)24-16-7-5-6-8-16/h2-4,9-13,16H,5-8,14H2,1H3,(H,24,30)(H,25,31). The average molecular weight is 420 g/mol. The van der Waals surface area contributed by atoms with Crippen molar-refractivity contribution in [2.75, 3.05) is 5.32 Å². The molecule has 1 aliphatic rings. The molecule has 2 heterocycles. The second-order valence-corrected chi connectivity index (χ2v) is 7.68. The largest absolute Gasteiger partial charge is 0.352 e. The number of para-hydroxylation sites is 1. The highest BCUT2D eigenvalue weighted by Crippen LogP contribution is 2.17. The fourth-order valence-corrected chi connectivity index (χ4v) is 3.73. The van der Waals surface area contributed by atoms with E-state index in [0.29, 0.717) is 11.4 Å². The number of hydrogen-bond donors (Lipinski definition) is 2. The molecule has 0 aliphatic heterocycles. The summed E-state index contributed by atoms with van der Waals surface area (Å²) >= 11 is 0. The van der Waals surface area contributed by atoms with Crippen molar-refractivity contribution in [3.05, 3.63) is 70.4 Å². The molecule has 2 aromatic heterocycles. The normalized spacial score (nSPS) is 13.8. The lowest BCUT2D eigenvalue weighted by Gasteiger charge is -2.11. The van der Waals surface area contributed by atoms with Crippen molar-refractivity contribution in [1.82, 2.24) is 24.9 Å². The Labute approximate surface area is 179 Å². The zero-order valence-electron chi connectivity index (χ0n) is 17.2. The first-order chi connectivity index (χ1) is 15.0. The van der Waals surface area contributed by atoms with Crippen LogP contribution in [-0.2, 0) is 11.3 Å². The van der Waals surface area contributed by atoms with Gasteiger partial charge in [-0.05, 0) is 31.9 Å². The smallest absolute Gasteiger partial charge is 0.280 e. The zero-order valence-corrected chi connectivity index (χ0v) is 17.2. The van der Waals surface area contributed by atoms with Crippen LogP contribution >= 0.6 is 0 Å². The summed E-state index contributed by atoms with van der Waals surface area (Å²) in [6, 6.07) is 10.9. The van der Waals surface area contributed by atoms with Crippen LogP contribution in [0.5, 0.6) is 0 Å². The Balaban J connectivity index is 1.45. The van der Waals surface area contributed by atoms with Gasteiger partial charge in [0.15, 0.2) is 5.69 Å². The van der Waals surface area contributed by atoms with Crippen molar-refractivity contribution >= 4 is 17.5 Å². The molecule has 1 saturated carbocycles. The number of nitrogens with one attached hydrogen (secondary N) is 2. The van der Waals surface area contributed by atoms with E-state index in [-0.39, 0.29) is 24.2 Å². The molecule has 0 unspecified atom stereocenters. The molecule has 2 N–H and O–H groups in total. The van der Waals surface area contributed by atoms with E-state index >= 15 is 0 Å². The summed E-state index contributed by atoms with van der Waals surface area (Å²) in [5.74, 6) is -0.747. The Bertz CT molecular complexity index is 1150. The molecule has 0 spiro atoms. The first kappa shape index (κ1) is 20.5. The lowest BCUT2D eigenvalue weighted by molar-refractivity contribution is -0.122. The molecule has 9 nitrogen and oxygen atoms in total. The van der Waals surface area contributed by atoms with Gasteiger partial charge in [-0.3, -0.25) is 19.1 Å². The second kappa shape index (κ2) is 8.95. The SMILES string of the molecule is Cc1cc(=O)c(C(=O)Nc2cnn(CC(=O)NC3CCCC3)c2)nn1-c1ccccc1. The van der Waals surface area contributed by atoms with Gasteiger partial charge in [-0.15, -0.1) is 0 Å². The van der Waals surface area contributed by atoms with E-state index in [1.54, 1.807) is 17.8 Å². The number of nitrogens with zero attached hydrogens (tertiary/aromatic N) is 4. The molecule has 3 aromatic rings. The fraction of sp³-hybridized carbons (Fsp3) is 0.318. The predicted molar refractivity (Wildman–Crippen MR) is 115 cm³/mol. The highest BCUT2D eigenvalue weighted by molar-refractivity contribution is 6.02. The molecule has 1 aromatic carbocycles. The van der Waals surface area contributed by atoms with Crippen molar-refractivity contribution in [2.24, 2.45) is 0 Å². The van der Waals surface area contributed by atoms with Gasteiger partial charge in [-0.2, -0.15) is 10.2 Å². The predicted octanol–water partition coefficient (Wildman–Crippen LogP) is 2.05. The average Bonchev–Trinajstić information content (AvgIpc) is 3.40. The van der Waals surface area contributed by atoms with Gasteiger partial charge in [0.2, 0.25) is 11.3 Å². The lowest BCUT2D eigenvalue weighted by atomic mass is 10.2. The van der Waals surface area contributed by atoms with Gasteiger partial charge in [-0.25, -0.2) is 4.68 Å². The summed E-state index contributed by atoms with van der Waals surface area (Å²) in [6.07, 6.45) is 7.29. The molecule has 160 valence electrons. The molecule has 4 rings (SSSR count). The molecule has 2 amide bonds. The third kappa shape index (κ3) is 4.88. The number of aryl methyl sites for hydroxylation is 1. The maximum Gasteiger partial charge on any atom is 0.280 e. The van der Waals surface area contributed by atoms with Crippen molar-refractivity contribution in [2.45, 2.75) is 45.2 Å². The van der Waals surface area contributed by atoms with E-state index in [4.69, 9.17) is 0 Å². The van der Waals surface area contributed by atoms with Gasteiger partial charge >= 0.3 is 0 Å². The number of hydrogen-bond acceptors (Lipinski definition) is 5. The first-order valence-corrected chi connectivity index (χ1v) is 10.3. The van der Waals surface area contributed by atoms with Crippen LogP contribution in [0.4, 0.5) is 5.69 Å². The summed E-state index contributed by atoms with van der Waals surface area (Å²) in [6.45, 7) is 1.82. The topological polar surface area (TPSA) is 111 Å². The number of amides is 2. The molecule has 0 saturated heterocycles. The van der Waals surface area contributed by atoms with Gasteiger partial charge in [0.05, 0.1) is 17.6 Å². The van der Waals surface area contributed by atoms with Crippen LogP contribution in [0.3, 0.4) is 0 Å². The maximum absolute atomic E-state index is 12.7. The van der Waals surface area contributed by atoms with E-state index in [0.717, 1.165) is 31.4 Å². The number of rotatable bonds is 6. The van der Waals surface area contributed by atoms with Gasteiger partial charge in [0.1, 0.15) is 6.54 Å². The van der Waals surface area contributed by atoms with Crippen molar-refractivity contribution < 1.29 is 9.59 Å². The molecule has 0 atom stereocenters. The molecular weight excluding hydrogens is 396 g/mol. The van der Waals surface area contributed by atoms with Gasteiger partial charge < -0.3 is 10.6 Å². The summed E-state index contributed by atoms with van der Waals surface area (Å²) in [4.78, 5) is 37.2. The van der Waals surface area contributed by atoms with E-state index in [1.165, 1.54) is 16.9 Å². The van der Waals surface area contributed by atoms with Crippen molar-refractivity contribution in [1.29, 1.82) is 0 Å². The molecule has 0 radical (unpaired) electrons. The highest BCUT2D eigenvalue weighted by atomic mass is 16.2. The van der Waals surface area contributed by atoms with E-state index < -0.39 is 11.3 Å². The number of carbonyl (C=O) groups is 2. The molecule has 9 heteroatoms. The minimum absolute atomic E-state index is 0.0654. The maximum atomic E-state index is 12.7. The van der Waals surface area contributed by atoms with E-state index in [9.17, 15) is 14.4 Å². The van der Waals surface area contributed by atoms with E-state index in [2.05, 4.69) is 20.8 Å². The molecule has 1 aliphatic carbocycles. The summed E-state index contributed by atoms with van der Waals surface area (Å²) in [5.41, 5.74) is 1.06. The van der Waals surface area contributed by atoms with Gasteiger partial charge in [0, 0.05) is 24.0 Å². The molecular formula is C22H24N6O3. The minimum Gasteiger partial charge on any atom is -0.352 e. The zero-order chi connectivity index (χ0) is 21.8. The van der Waals surface area contributed by atoms with E-state index in [1.807, 2.05) is 30.3 Å². The molecule has 0 bridgehead atoms. The number of benzene rings is 1. The molecule has 1 fully saturated rings. The lowest BCUT2D eigenvalue weighted by Crippen LogP contribution is -2.35. The monoisotopic (exact) mass is 420 g/mol. The van der Waals surface area contributed by atoms with Crippen LogP contribution < -0.4 is 16.1 Å². The molecule has 31 heavy (non-hydrogen) atoms. The summed E-state index contributed by atoms with van der Waals surface area (Å²) in [5, 5.41) is 14.0. The fourth-order valence-electron chi connectivity index (χ4n) is 3.73. The van der Waals surface area contributed by atoms with Crippen LogP contribution in [0.25, 0.3) is 5.69 Å². The van der Waals surface area contributed by atoms with Gasteiger partial charge in [0.25, 0.3) is 5.91 Å².